The van der Waals surface area contributed by atoms with Crippen LogP contribution in [0, 0.1) is 12.8 Å². The number of carbonyl (C=O) groups is 2. The number of piperidine rings is 1. The van der Waals surface area contributed by atoms with E-state index in [1.807, 2.05) is 32.0 Å². The highest BCUT2D eigenvalue weighted by Crippen LogP contribution is 2.30. The van der Waals surface area contributed by atoms with Crippen LogP contribution in [-0.2, 0) is 22.6 Å². The first-order chi connectivity index (χ1) is 16.9. The minimum absolute atomic E-state index is 0.0702. The zero-order valence-electron chi connectivity index (χ0n) is 20.0. The third-order valence-electron chi connectivity index (χ3n) is 6.68. The molecule has 1 aromatic carbocycles. The van der Waals surface area contributed by atoms with E-state index in [-0.39, 0.29) is 29.8 Å². The smallest absolute Gasteiger partial charge is 0.273 e. The van der Waals surface area contributed by atoms with Gasteiger partial charge in [0.1, 0.15) is 17.6 Å². The highest BCUT2D eigenvalue weighted by atomic mass is 32.1. The molecule has 5 rings (SSSR count). The number of anilines is 2. The van der Waals surface area contributed by atoms with E-state index in [4.69, 9.17) is 0 Å². The van der Waals surface area contributed by atoms with Gasteiger partial charge in [-0.3, -0.25) is 19.0 Å². The summed E-state index contributed by atoms with van der Waals surface area (Å²) in [6.07, 6.45) is 6.08. The zero-order valence-corrected chi connectivity index (χ0v) is 20.9. The second kappa shape index (κ2) is 9.77. The van der Waals surface area contributed by atoms with E-state index in [1.54, 1.807) is 0 Å². The van der Waals surface area contributed by atoms with Gasteiger partial charge in [0.2, 0.25) is 11.8 Å². The second-order valence-electron chi connectivity index (χ2n) is 9.41. The van der Waals surface area contributed by atoms with Gasteiger partial charge in [-0.1, -0.05) is 36.5 Å². The van der Waals surface area contributed by atoms with Crippen LogP contribution in [0.1, 0.15) is 43.7 Å². The van der Waals surface area contributed by atoms with E-state index in [1.165, 1.54) is 22.2 Å². The second-order valence-corrected chi connectivity index (χ2v) is 10.4. The van der Waals surface area contributed by atoms with Crippen LogP contribution in [0.5, 0.6) is 0 Å². The van der Waals surface area contributed by atoms with Crippen molar-refractivity contribution in [3.8, 4) is 0 Å². The molecule has 10 heteroatoms. The van der Waals surface area contributed by atoms with Crippen molar-refractivity contribution in [3.63, 3.8) is 0 Å². The molecule has 1 saturated heterocycles. The molecule has 9 nitrogen and oxygen atoms in total. The molecule has 1 aliphatic heterocycles. The van der Waals surface area contributed by atoms with Crippen molar-refractivity contribution in [3.05, 3.63) is 46.0 Å². The third-order valence-corrected chi connectivity index (χ3v) is 7.77. The van der Waals surface area contributed by atoms with Gasteiger partial charge in [-0.2, -0.15) is 4.98 Å². The van der Waals surface area contributed by atoms with Gasteiger partial charge < -0.3 is 15.5 Å². The predicted molar refractivity (Wildman–Crippen MR) is 137 cm³/mol. The normalized spacial score (nSPS) is 18.0. The number of thiazole rings is 1. The molecule has 3 aromatic rings. The van der Waals surface area contributed by atoms with Gasteiger partial charge >= 0.3 is 0 Å². The molecule has 0 bridgehead atoms. The average Bonchev–Trinajstić information content (AvgIpc) is 3.56. The molecule has 0 radical (unpaired) electrons. The lowest BCUT2D eigenvalue weighted by Gasteiger charge is -2.31. The van der Waals surface area contributed by atoms with Crippen molar-refractivity contribution < 1.29 is 9.59 Å². The van der Waals surface area contributed by atoms with Crippen molar-refractivity contribution in [2.75, 3.05) is 23.3 Å². The van der Waals surface area contributed by atoms with E-state index in [9.17, 15) is 14.4 Å². The Bertz CT molecular complexity index is 1330. The number of hydrogen-bond acceptors (Lipinski definition) is 7. The van der Waals surface area contributed by atoms with Crippen molar-refractivity contribution in [1.82, 2.24) is 19.9 Å². The van der Waals surface area contributed by atoms with Gasteiger partial charge in [0, 0.05) is 24.8 Å². The molecule has 3 heterocycles. The number of nitrogens with zero attached hydrogens (tertiary/aromatic N) is 4. The van der Waals surface area contributed by atoms with Crippen LogP contribution in [0.15, 0.2) is 29.3 Å². The molecule has 0 spiro atoms. The molecule has 1 unspecified atom stereocenters. The number of fused-ring (bicyclic) bond motifs is 1. The third kappa shape index (κ3) is 5.07. The monoisotopic (exact) mass is 494 g/mol. The quantitative estimate of drug-likeness (QED) is 0.523. The maximum atomic E-state index is 13.1. The molecule has 2 N–H and O–H groups in total. The van der Waals surface area contributed by atoms with Crippen LogP contribution < -0.4 is 21.1 Å². The Morgan fingerprint density at radius 2 is 2.06 bits per heavy atom. The number of rotatable bonds is 7. The molecular weight excluding hydrogens is 464 g/mol. The molecular formula is C25H30N6O3S. The van der Waals surface area contributed by atoms with Crippen molar-refractivity contribution in [1.29, 1.82) is 0 Å². The van der Waals surface area contributed by atoms with Crippen molar-refractivity contribution in [2.45, 2.75) is 58.5 Å². The highest BCUT2D eigenvalue weighted by molar-refractivity contribution is 7.22. The Hall–Kier alpha value is -3.27. The lowest BCUT2D eigenvalue weighted by Crippen LogP contribution is -2.43. The van der Waals surface area contributed by atoms with Gasteiger partial charge in [-0.15, -0.1) is 0 Å². The van der Waals surface area contributed by atoms with Gasteiger partial charge in [0.25, 0.3) is 5.56 Å². The summed E-state index contributed by atoms with van der Waals surface area (Å²) in [5, 5.41) is 6.75. The number of aromatic nitrogens is 3. The fourth-order valence-electron chi connectivity index (χ4n) is 4.53. The maximum Gasteiger partial charge on any atom is 0.273 e. The molecule has 2 aliphatic rings. The van der Waals surface area contributed by atoms with Crippen LogP contribution in [0.2, 0.25) is 0 Å². The van der Waals surface area contributed by atoms with E-state index in [2.05, 4.69) is 25.5 Å². The highest BCUT2D eigenvalue weighted by Gasteiger charge is 2.31. The summed E-state index contributed by atoms with van der Waals surface area (Å²) in [5.41, 5.74) is 2.93. The summed E-state index contributed by atoms with van der Waals surface area (Å²) in [6, 6.07) is 6.26. The Kier molecular flexibility index (Phi) is 6.55. The van der Waals surface area contributed by atoms with E-state index in [0.29, 0.717) is 28.1 Å². The Balaban J connectivity index is 1.31. The lowest BCUT2D eigenvalue weighted by molar-refractivity contribution is -0.125. The minimum atomic E-state index is -0.283. The van der Waals surface area contributed by atoms with Crippen molar-refractivity contribution >= 4 is 44.3 Å². The first kappa shape index (κ1) is 23.5. The number of benzene rings is 1. The fourth-order valence-corrected chi connectivity index (χ4v) is 5.53. The Morgan fingerprint density at radius 1 is 1.23 bits per heavy atom. The molecule has 1 atom stereocenters. The number of hydrogen-bond donors (Lipinski definition) is 2. The number of amides is 2. The van der Waals surface area contributed by atoms with Gasteiger partial charge in [-0.25, -0.2) is 4.98 Å². The molecule has 2 fully saturated rings. The minimum Gasteiger partial charge on any atom is -0.353 e. The van der Waals surface area contributed by atoms with Crippen molar-refractivity contribution in [2.24, 2.45) is 5.92 Å². The van der Waals surface area contributed by atoms with Crippen LogP contribution in [-0.4, -0.2) is 45.5 Å². The topological polar surface area (TPSA) is 109 Å². The predicted octanol–water partition coefficient (Wildman–Crippen LogP) is 2.86. The SMILES string of the molecule is CCc1cccc(C)c1NC(=O)Cn1cnc2nc(N3CCCC(C(=O)NC4CC4)C3)sc2c1=O. The van der Waals surface area contributed by atoms with Crippen LogP contribution in [0.25, 0.3) is 10.3 Å². The number of nitrogens with one attached hydrogen (secondary N) is 2. The molecule has 35 heavy (non-hydrogen) atoms. The van der Waals surface area contributed by atoms with Crippen LogP contribution in [0.4, 0.5) is 10.8 Å². The largest absolute Gasteiger partial charge is 0.353 e. The summed E-state index contributed by atoms with van der Waals surface area (Å²) < 4.78 is 1.75. The molecule has 2 amide bonds. The Labute approximate surface area is 207 Å². The number of para-hydroxylation sites is 1. The first-order valence-electron chi connectivity index (χ1n) is 12.2. The zero-order chi connectivity index (χ0) is 24.5. The fraction of sp³-hybridized carbons (Fsp3) is 0.480. The molecule has 1 saturated carbocycles. The average molecular weight is 495 g/mol. The van der Waals surface area contributed by atoms with Gasteiger partial charge in [0.15, 0.2) is 10.8 Å². The molecule has 184 valence electrons. The summed E-state index contributed by atoms with van der Waals surface area (Å²) >= 11 is 1.28. The maximum absolute atomic E-state index is 13.1. The molecule has 1 aliphatic carbocycles. The summed E-state index contributed by atoms with van der Waals surface area (Å²) in [5.74, 6) is -0.230. The summed E-state index contributed by atoms with van der Waals surface area (Å²) in [6.45, 7) is 5.25. The summed E-state index contributed by atoms with van der Waals surface area (Å²) in [4.78, 5) is 49.4. The van der Waals surface area contributed by atoms with Crippen LogP contribution in [0.3, 0.4) is 0 Å². The van der Waals surface area contributed by atoms with Gasteiger partial charge in [0.05, 0.1) is 5.92 Å². The number of aryl methyl sites for hydroxylation is 2. The standard InChI is InChI=1S/C25H30N6O3S/c1-3-16-7-4-6-15(2)20(16)28-19(32)13-31-14-26-22-21(24(31)34)35-25(29-22)30-11-5-8-17(12-30)23(33)27-18-9-10-18/h4,6-7,14,17-18H,3,5,8-13H2,1-2H3,(H,27,33)(H,28,32). The van der Waals surface area contributed by atoms with E-state index in [0.717, 1.165) is 55.5 Å². The number of carbonyl (C=O) groups excluding carboxylic acids is 2. The van der Waals surface area contributed by atoms with Crippen LogP contribution >= 0.6 is 11.3 Å². The van der Waals surface area contributed by atoms with E-state index >= 15 is 0 Å². The first-order valence-corrected chi connectivity index (χ1v) is 13.0. The van der Waals surface area contributed by atoms with E-state index < -0.39 is 0 Å². The molecule has 2 aromatic heterocycles. The summed E-state index contributed by atoms with van der Waals surface area (Å²) in [7, 11) is 0. The van der Waals surface area contributed by atoms with Gasteiger partial charge in [-0.05, 0) is 50.2 Å². The Morgan fingerprint density at radius 3 is 2.83 bits per heavy atom. The lowest BCUT2D eigenvalue weighted by atomic mass is 9.97.